The summed E-state index contributed by atoms with van der Waals surface area (Å²) in [5, 5.41) is 30.9. The van der Waals surface area contributed by atoms with Crippen LogP contribution in [0.25, 0.3) is 0 Å². The average Bonchev–Trinajstić information content (AvgIpc) is 2.88. The van der Waals surface area contributed by atoms with Crippen molar-refractivity contribution in [1.82, 2.24) is 0 Å². The predicted octanol–water partition coefficient (Wildman–Crippen LogP) is 6.49. The van der Waals surface area contributed by atoms with Crippen molar-refractivity contribution in [2.24, 2.45) is 0 Å². The number of carbonyl (C=O) groups excluding carboxylic acids is 1. The molecule has 3 unspecified atom stereocenters. The lowest BCUT2D eigenvalue weighted by atomic mass is 10.00. The summed E-state index contributed by atoms with van der Waals surface area (Å²) >= 11 is 0. The molecule has 0 saturated carbocycles. The van der Waals surface area contributed by atoms with Crippen molar-refractivity contribution < 1.29 is 34.2 Å². The molecule has 0 aromatic heterocycles. The molecule has 0 amide bonds. The van der Waals surface area contributed by atoms with E-state index >= 15 is 0 Å². The van der Waals surface area contributed by atoms with E-state index in [0.29, 0.717) is 6.42 Å². The van der Waals surface area contributed by atoms with Crippen LogP contribution in [0.3, 0.4) is 0 Å². The Bertz CT molecular complexity index is 627. The molecule has 0 aromatic carbocycles. The van der Waals surface area contributed by atoms with E-state index in [9.17, 15) is 29.7 Å². The Kier molecular flexibility index (Phi) is 20.9. The number of quaternary nitrogens is 1. The van der Waals surface area contributed by atoms with Crippen LogP contribution in [0.4, 0.5) is 0 Å². The molecule has 0 rings (SSSR count). The van der Waals surface area contributed by atoms with Gasteiger partial charge in [-0.1, -0.05) is 96.1 Å². The maximum atomic E-state index is 11.8. The summed E-state index contributed by atoms with van der Waals surface area (Å²) in [6.07, 6.45) is 26.1. The van der Waals surface area contributed by atoms with Crippen LogP contribution in [0.15, 0.2) is 12.2 Å². The Hall–Kier alpha value is -1.89. The zero-order valence-electron chi connectivity index (χ0n) is 24.8. The third-order valence-corrected chi connectivity index (χ3v) is 8.28. The fraction of sp³-hybridized carbons (Fsp3) is 0.839. The van der Waals surface area contributed by atoms with Gasteiger partial charge < -0.3 is 20.1 Å². The number of carboxylic acid groups (broad SMARTS) is 3. The van der Waals surface area contributed by atoms with E-state index in [1.54, 1.807) is 0 Å². The number of hydrogen-bond donors (Lipinski definition) is 2. The van der Waals surface area contributed by atoms with Gasteiger partial charge in [-0.15, -0.1) is 0 Å². The van der Waals surface area contributed by atoms with Gasteiger partial charge in [-0.3, -0.25) is 4.48 Å². The van der Waals surface area contributed by atoms with Crippen molar-refractivity contribution in [3.8, 4) is 0 Å². The van der Waals surface area contributed by atoms with E-state index in [0.717, 1.165) is 32.1 Å². The lowest BCUT2D eigenvalue weighted by molar-refractivity contribution is -0.969. The Balaban J connectivity index is 4.11. The number of aliphatic carboxylic acids is 3. The van der Waals surface area contributed by atoms with E-state index in [2.05, 4.69) is 19.1 Å². The zero-order chi connectivity index (χ0) is 28.8. The van der Waals surface area contributed by atoms with Gasteiger partial charge in [0.15, 0.2) is 12.1 Å². The standard InChI is InChI=1S/C31H57NO6/c1-5-6-7-8-9-10-11-12-13-14-15-16-17-18-19-20-21-22-23-24-25-32(26(2)29(33)34,27(3)30(35)36)28(4)31(37)38/h14-15,26-28H,5-13,16-25H2,1-4H3,(H2-,33,34,35,36,37,38)/b15-14+. The van der Waals surface area contributed by atoms with Crippen LogP contribution in [-0.4, -0.2) is 57.3 Å². The predicted molar refractivity (Wildman–Crippen MR) is 152 cm³/mol. The summed E-state index contributed by atoms with van der Waals surface area (Å²) in [5.41, 5.74) is 0. The lowest BCUT2D eigenvalue weighted by Gasteiger charge is -2.49. The number of rotatable bonds is 26. The Labute approximate surface area is 232 Å². The highest BCUT2D eigenvalue weighted by Crippen LogP contribution is 2.27. The zero-order valence-corrected chi connectivity index (χ0v) is 24.8. The van der Waals surface area contributed by atoms with Gasteiger partial charge in [0.2, 0.25) is 0 Å². The van der Waals surface area contributed by atoms with Crippen molar-refractivity contribution in [2.75, 3.05) is 6.54 Å². The topological polar surface area (TPSA) is 115 Å². The number of carbonyl (C=O) groups is 3. The molecule has 38 heavy (non-hydrogen) atoms. The van der Waals surface area contributed by atoms with Crippen LogP contribution >= 0.6 is 0 Å². The average molecular weight is 540 g/mol. The maximum absolute atomic E-state index is 11.8. The van der Waals surface area contributed by atoms with E-state index in [1.165, 1.54) is 97.8 Å². The van der Waals surface area contributed by atoms with Gasteiger partial charge in [-0.25, -0.2) is 9.59 Å². The van der Waals surface area contributed by atoms with Gasteiger partial charge in [0.05, 0.1) is 12.5 Å². The molecule has 0 spiro atoms. The van der Waals surface area contributed by atoms with Crippen LogP contribution < -0.4 is 5.11 Å². The fourth-order valence-electron chi connectivity index (χ4n) is 5.53. The van der Waals surface area contributed by atoms with Gasteiger partial charge in [0.25, 0.3) is 0 Å². The number of allylic oxidation sites excluding steroid dienone is 2. The number of carboxylic acids is 3. The highest BCUT2D eigenvalue weighted by atomic mass is 16.4. The third-order valence-electron chi connectivity index (χ3n) is 8.28. The Morgan fingerprint density at radius 2 is 0.947 bits per heavy atom. The molecule has 0 fully saturated rings. The number of unbranched alkanes of at least 4 members (excludes halogenated alkanes) is 16. The summed E-state index contributed by atoms with van der Waals surface area (Å²) in [7, 11) is 0. The summed E-state index contributed by atoms with van der Waals surface area (Å²) in [6.45, 7) is 6.59. The largest absolute Gasteiger partial charge is 0.544 e. The van der Waals surface area contributed by atoms with Crippen molar-refractivity contribution in [3.63, 3.8) is 0 Å². The van der Waals surface area contributed by atoms with E-state index in [4.69, 9.17) is 0 Å². The van der Waals surface area contributed by atoms with E-state index < -0.39 is 40.5 Å². The van der Waals surface area contributed by atoms with Crippen molar-refractivity contribution in [2.45, 2.75) is 161 Å². The molecule has 7 heteroatoms. The molecule has 0 bridgehead atoms. The normalized spacial score (nSPS) is 15.7. The first kappa shape index (κ1) is 36.1. The van der Waals surface area contributed by atoms with Crippen LogP contribution in [0.5, 0.6) is 0 Å². The van der Waals surface area contributed by atoms with Gasteiger partial charge in [-0.05, 0) is 59.3 Å². The quantitative estimate of drug-likeness (QED) is 0.0738. The van der Waals surface area contributed by atoms with Crippen LogP contribution in [-0.2, 0) is 14.4 Å². The minimum Gasteiger partial charge on any atom is -0.544 e. The number of nitrogens with zero attached hydrogens (tertiary/aromatic N) is 1. The molecule has 2 N–H and O–H groups in total. The fourth-order valence-corrected chi connectivity index (χ4v) is 5.53. The van der Waals surface area contributed by atoms with Crippen molar-refractivity contribution in [1.29, 1.82) is 0 Å². The molecule has 0 heterocycles. The maximum Gasteiger partial charge on any atom is 0.362 e. The first-order valence-electron chi connectivity index (χ1n) is 15.3. The van der Waals surface area contributed by atoms with E-state index in [1.807, 2.05) is 0 Å². The van der Waals surface area contributed by atoms with Crippen LogP contribution in [0, 0.1) is 0 Å². The van der Waals surface area contributed by atoms with Crippen LogP contribution in [0.1, 0.15) is 143 Å². The second kappa shape index (κ2) is 22.0. The first-order chi connectivity index (χ1) is 18.1. The molecule has 0 aliphatic heterocycles. The minimum atomic E-state index is -1.42. The summed E-state index contributed by atoms with van der Waals surface area (Å²) in [5.74, 6) is -3.82. The van der Waals surface area contributed by atoms with Crippen molar-refractivity contribution >= 4 is 17.9 Å². The second-order valence-corrected chi connectivity index (χ2v) is 11.1. The van der Waals surface area contributed by atoms with Crippen molar-refractivity contribution in [3.05, 3.63) is 12.2 Å². The van der Waals surface area contributed by atoms with E-state index in [-0.39, 0.29) is 6.54 Å². The molecular weight excluding hydrogens is 482 g/mol. The third kappa shape index (κ3) is 14.3. The Morgan fingerprint density at radius 3 is 1.29 bits per heavy atom. The molecule has 0 aliphatic carbocycles. The van der Waals surface area contributed by atoms with Gasteiger partial charge in [0.1, 0.15) is 6.04 Å². The molecule has 0 aliphatic rings. The summed E-state index contributed by atoms with van der Waals surface area (Å²) in [4.78, 5) is 35.3. The van der Waals surface area contributed by atoms with Gasteiger partial charge >= 0.3 is 11.9 Å². The molecule has 7 nitrogen and oxygen atoms in total. The Morgan fingerprint density at radius 1 is 0.605 bits per heavy atom. The monoisotopic (exact) mass is 539 g/mol. The highest BCUT2D eigenvalue weighted by Gasteiger charge is 2.50. The second-order valence-electron chi connectivity index (χ2n) is 11.1. The highest BCUT2D eigenvalue weighted by molar-refractivity contribution is 5.76. The molecular formula is C31H57NO6. The van der Waals surface area contributed by atoms with Crippen LogP contribution in [0.2, 0.25) is 0 Å². The van der Waals surface area contributed by atoms with Gasteiger partial charge in [-0.2, -0.15) is 0 Å². The first-order valence-corrected chi connectivity index (χ1v) is 15.3. The summed E-state index contributed by atoms with van der Waals surface area (Å²) < 4.78 is -0.542. The molecule has 0 saturated heterocycles. The molecule has 0 radical (unpaired) electrons. The molecule has 3 atom stereocenters. The smallest absolute Gasteiger partial charge is 0.362 e. The SMILES string of the molecule is CCCCCCCCCC/C=C/CCCCCCCCCC[N+](C(C)C(=O)[O-])(C(C)C(=O)O)C(C)C(=O)O. The number of hydrogen-bond acceptors (Lipinski definition) is 4. The van der Waals surface area contributed by atoms with Gasteiger partial charge in [0, 0.05) is 0 Å². The molecule has 0 aromatic rings. The lowest BCUT2D eigenvalue weighted by Crippen LogP contribution is -2.72. The summed E-state index contributed by atoms with van der Waals surface area (Å²) in [6, 6.07) is -3.56. The minimum absolute atomic E-state index is 0.182. The molecule has 222 valence electrons.